The highest BCUT2D eigenvalue weighted by atomic mass is 16.2. The molecule has 1 atom stereocenters. The van der Waals surface area contributed by atoms with Crippen LogP contribution in [0.2, 0.25) is 0 Å². The number of Topliss-reactive ketones (excluding diaryl/α,β-unsaturated/α-hetero) is 1. The van der Waals surface area contributed by atoms with E-state index in [9.17, 15) is 9.59 Å². The molecule has 0 spiro atoms. The molecular formula is C16H22N2O2. The number of carbonyl (C=O) groups excluding carboxylic acids is 2. The summed E-state index contributed by atoms with van der Waals surface area (Å²) in [6, 6.07) is 7.64. The van der Waals surface area contributed by atoms with Gasteiger partial charge < -0.3 is 5.32 Å². The standard InChI is InChI=1S/C16H22N2O2/c1-12-6-4-5-7-13(12)14(19)10-18-9-8-16(2,11-18)15(20)17-3/h4-7H,8-11H2,1-3H3,(H,17,20). The summed E-state index contributed by atoms with van der Waals surface area (Å²) in [5.41, 5.74) is 1.41. The molecule has 1 aromatic carbocycles. The Morgan fingerprint density at radius 1 is 1.35 bits per heavy atom. The topological polar surface area (TPSA) is 49.4 Å². The largest absolute Gasteiger partial charge is 0.359 e. The number of hydrogen-bond acceptors (Lipinski definition) is 3. The molecule has 4 heteroatoms. The van der Waals surface area contributed by atoms with Crippen molar-refractivity contribution in [2.75, 3.05) is 26.7 Å². The lowest BCUT2D eigenvalue weighted by Crippen LogP contribution is -2.40. The molecule has 1 aliphatic rings. The number of amides is 1. The molecule has 0 aromatic heterocycles. The maximum absolute atomic E-state index is 12.3. The minimum absolute atomic E-state index is 0.0586. The number of rotatable bonds is 4. The van der Waals surface area contributed by atoms with Gasteiger partial charge in [0.05, 0.1) is 12.0 Å². The summed E-state index contributed by atoms with van der Waals surface area (Å²) < 4.78 is 0. The zero-order chi connectivity index (χ0) is 14.8. The molecule has 1 aliphatic heterocycles. The van der Waals surface area contributed by atoms with Crippen LogP contribution in [0.25, 0.3) is 0 Å². The Morgan fingerprint density at radius 3 is 2.70 bits per heavy atom. The number of aryl methyl sites for hydroxylation is 1. The third-order valence-corrected chi connectivity index (χ3v) is 4.14. The molecular weight excluding hydrogens is 252 g/mol. The van der Waals surface area contributed by atoms with Crippen LogP contribution >= 0.6 is 0 Å². The lowest BCUT2D eigenvalue weighted by molar-refractivity contribution is -0.129. The van der Waals surface area contributed by atoms with Gasteiger partial charge in [0.25, 0.3) is 0 Å². The number of hydrogen-bond donors (Lipinski definition) is 1. The minimum Gasteiger partial charge on any atom is -0.359 e. The fourth-order valence-corrected chi connectivity index (χ4v) is 2.85. The fraction of sp³-hybridized carbons (Fsp3) is 0.500. The smallest absolute Gasteiger partial charge is 0.227 e. The Labute approximate surface area is 120 Å². The van der Waals surface area contributed by atoms with Gasteiger partial charge in [-0.1, -0.05) is 24.3 Å². The molecule has 0 aliphatic carbocycles. The lowest BCUT2D eigenvalue weighted by atomic mass is 9.89. The quantitative estimate of drug-likeness (QED) is 0.849. The number of nitrogens with zero attached hydrogens (tertiary/aromatic N) is 1. The summed E-state index contributed by atoms with van der Waals surface area (Å²) in [4.78, 5) is 26.3. The predicted octanol–water partition coefficient (Wildman–Crippen LogP) is 1.64. The SMILES string of the molecule is CNC(=O)C1(C)CCN(CC(=O)c2ccccc2C)C1. The minimum atomic E-state index is -0.374. The van der Waals surface area contributed by atoms with Crippen LogP contribution < -0.4 is 5.32 Å². The van der Waals surface area contributed by atoms with Gasteiger partial charge in [-0.05, 0) is 32.4 Å². The average Bonchev–Trinajstić information content (AvgIpc) is 2.81. The third kappa shape index (κ3) is 2.90. The van der Waals surface area contributed by atoms with E-state index >= 15 is 0 Å². The van der Waals surface area contributed by atoms with Gasteiger partial charge in [-0.2, -0.15) is 0 Å². The maximum atomic E-state index is 12.3. The summed E-state index contributed by atoms with van der Waals surface area (Å²) in [7, 11) is 1.66. The molecule has 1 fully saturated rings. The molecule has 1 amide bonds. The summed E-state index contributed by atoms with van der Waals surface area (Å²) in [5.74, 6) is 0.188. The Morgan fingerprint density at radius 2 is 2.05 bits per heavy atom. The van der Waals surface area contributed by atoms with E-state index in [0.717, 1.165) is 24.1 Å². The van der Waals surface area contributed by atoms with E-state index in [1.807, 2.05) is 38.1 Å². The Kier molecular flexibility index (Phi) is 4.23. The second-order valence-electron chi connectivity index (χ2n) is 5.84. The molecule has 0 saturated carbocycles. The second-order valence-corrected chi connectivity index (χ2v) is 5.84. The Bertz CT molecular complexity index is 527. The Hall–Kier alpha value is -1.68. The van der Waals surface area contributed by atoms with E-state index in [1.54, 1.807) is 7.05 Å². The summed E-state index contributed by atoms with van der Waals surface area (Å²) in [6.45, 7) is 5.74. The molecule has 1 saturated heterocycles. The molecule has 0 bridgehead atoms. The average molecular weight is 274 g/mol. The molecule has 2 rings (SSSR count). The lowest BCUT2D eigenvalue weighted by Gasteiger charge is -2.22. The molecule has 0 radical (unpaired) electrons. The van der Waals surface area contributed by atoms with E-state index in [2.05, 4.69) is 10.2 Å². The van der Waals surface area contributed by atoms with Crippen LogP contribution in [0.5, 0.6) is 0 Å². The van der Waals surface area contributed by atoms with E-state index in [1.165, 1.54) is 0 Å². The fourth-order valence-electron chi connectivity index (χ4n) is 2.85. The molecule has 1 unspecified atom stereocenters. The first kappa shape index (κ1) is 14.7. The van der Waals surface area contributed by atoms with Crippen molar-refractivity contribution in [3.8, 4) is 0 Å². The number of nitrogens with one attached hydrogen (secondary N) is 1. The maximum Gasteiger partial charge on any atom is 0.227 e. The van der Waals surface area contributed by atoms with Crippen molar-refractivity contribution in [1.82, 2.24) is 10.2 Å². The third-order valence-electron chi connectivity index (χ3n) is 4.14. The molecule has 1 heterocycles. The number of carbonyl (C=O) groups is 2. The van der Waals surface area contributed by atoms with Gasteiger partial charge in [0, 0.05) is 19.2 Å². The first-order chi connectivity index (χ1) is 9.46. The van der Waals surface area contributed by atoms with Crippen molar-refractivity contribution in [1.29, 1.82) is 0 Å². The molecule has 1 N–H and O–H groups in total. The Balaban J connectivity index is 2.01. The van der Waals surface area contributed by atoms with Crippen molar-refractivity contribution in [2.45, 2.75) is 20.3 Å². The second kappa shape index (κ2) is 5.75. The van der Waals surface area contributed by atoms with Crippen LogP contribution in [-0.2, 0) is 4.79 Å². The predicted molar refractivity (Wildman–Crippen MR) is 78.7 cm³/mol. The van der Waals surface area contributed by atoms with Gasteiger partial charge in [0.2, 0.25) is 5.91 Å². The number of ketones is 1. The monoisotopic (exact) mass is 274 g/mol. The highest BCUT2D eigenvalue weighted by Crippen LogP contribution is 2.30. The number of likely N-dealkylation sites (tertiary alicyclic amines) is 1. The molecule has 1 aromatic rings. The van der Waals surface area contributed by atoms with E-state index in [4.69, 9.17) is 0 Å². The highest BCUT2D eigenvalue weighted by molar-refractivity contribution is 5.99. The van der Waals surface area contributed by atoms with Crippen LogP contribution in [0.4, 0.5) is 0 Å². The van der Waals surface area contributed by atoms with Crippen LogP contribution in [0, 0.1) is 12.3 Å². The van der Waals surface area contributed by atoms with Crippen LogP contribution in [0.15, 0.2) is 24.3 Å². The van der Waals surface area contributed by atoms with Gasteiger partial charge in [-0.3, -0.25) is 14.5 Å². The van der Waals surface area contributed by atoms with E-state index in [0.29, 0.717) is 13.1 Å². The van der Waals surface area contributed by atoms with Gasteiger partial charge in [0.1, 0.15) is 0 Å². The number of benzene rings is 1. The highest BCUT2D eigenvalue weighted by Gasteiger charge is 2.40. The van der Waals surface area contributed by atoms with Crippen LogP contribution in [0.1, 0.15) is 29.3 Å². The van der Waals surface area contributed by atoms with Gasteiger partial charge in [0.15, 0.2) is 5.78 Å². The molecule has 108 valence electrons. The normalized spacial score (nSPS) is 22.8. The van der Waals surface area contributed by atoms with Crippen molar-refractivity contribution in [3.63, 3.8) is 0 Å². The van der Waals surface area contributed by atoms with E-state index in [-0.39, 0.29) is 17.1 Å². The first-order valence-electron chi connectivity index (χ1n) is 6.99. The molecule has 20 heavy (non-hydrogen) atoms. The van der Waals surface area contributed by atoms with Gasteiger partial charge >= 0.3 is 0 Å². The summed E-state index contributed by atoms with van der Waals surface area (Å²) in [6.07, 6.45) is 0.799. The van der Waals surface area contributed by atoms with Crippen molar-refractivity contribution in [2.24, 2.45) is 5.41 Å². The van der Waals surface area contributed by atoms with Gasteiger partial charge in [-0.25, -0.2) is 0 Å². The summed E-state index contributed by atoms with van der Waals surface area (Å²) >= 11 is 0. The zero-order valence-electron chi connectivity index (χ0n) is 12.4. The van der Waals surface area contributed by atoms with Crippen LogP contribution in [-0.4, -0.2) is 43.3 Å². The first-order valence-corrected chi connectivity index (χ1v) is 6.99. The van der Waals surface area contributed by atoms with Crippen molar-refractivity contribution >= 4 is 11.7 Å². The van der Waals surface area contributed by atoms with Crippen molar-refractivity contribution in [3.05, 3.63) is 35.4 Å². The van der Waals surface area contributed by atoms with Crippen molar-refractivity contribution < 1.29 is 9.59 Å². The zero-order valence-corrected chi connectivity index (χ0v) is 12.4. The van der Waals surface area contributed by atoms with Crippen LogP contribution in [0.3, 0.4) is 0 Å². The van der Waals surface area contributed by atoms with Gasteiger partial charge in [-0.15, -0.1) is 0 Å². The molecule has 4 nitrogen and oxygen atoms in total. The summed E-state index contributed by atoms with van der Waals surface area (Å²) in [5, 5.41) is 2.71. The van der Waals surface area contributed by atoms with E-state index < -0.39 is 0 Å².